The third kappa shape index (κ3) is 18.6. The maximum absolute atomic E-state index is 9.64. The Morgan fingerprint density at radius 1 is 1.46 bits per heavy atom. The van der Waals surface area contributed by atoms with Gasteiger partial charge in [0.2, 0.25) is 10.7 Å². The number of ketones is 1. The Labute approximate surface area is 88.3 Å². The number of Topliss-reactive ketones (excluding diaryl/α,β-unsaturated/α-hetero) is 1. The van der Waals surface area contributed by atoms with Crippen molar-refractivity contribution in [2.75, 3.05) is 0 Å². The van der Waals surface area contributed by atoms with Crippen molar-refractivity contribution in [1.29, 1.82) is 0 Å². The van der Waals surface area contributed by atoms with Crippen molar-refractivity contribution in [2.24, 2.45) is 0 Å². The van der Waals surface area contributed by atoms with Crippen LogP contribution in [0.2, 0.25) is 0 Å². The van der Waals surface area contributed by atoms with E-state index in [2.05, 4.69) is 24.8 Å². The molecule has 0 aliphatic rings. The summed E-state index contributed by atoms with van der Waals surface area (Å²) in [6.45, 7) is 4.91. The minimum Gasteiger partial charge on any atom is -0.476 e. The molecule has 0 heterocycles. The molecule has 0 radical (unpaired) electrons. The molecular weight excluding hydrogens is 212 g/mol. The van der Waals surface area contributed by atoms with Crippen molar-refractivity contribution < 1.29 is 19.7 Å². The third-order valence-electron chi connectivity index (χ3n) is 0.700. The summed E-state index contributed by atoms with van der Waals surface area (Å²) in [5.41, 5.74) is 0. The van der Waals surface area contributed by atoms with Gasteiger partial charge in [-0.2, -0.15) is 0 Å². The van der Waals surface area contributed by atoms with E-state index in [4.69, 9.17) is 14.9 Å². The van der Waals surface area contributed by atoms with E-state index in [1.807, 2.05) is 13.8 Å². The van der Waals surface area contributed by atoms with Crippen molar-refractivity contribution in [3.63, 3.8) is 0 Å². The molecule has 0 unspecified atom stereocenters. The molecule has 0 saturated heterocycles. The topological polar surface area (TPSA) is 66.8 Å². The molecule has 0 aromatic carbocycles. The molecule has 0 saturated carbocycles. The molecule has 0 rings (SSSR count). The van der Waals surface area contributed by atoms with Crippen LogP contribution < -0.4 is 0 Å². The molecule has 0 bridgehead atoms. The minimum absolute atomic E-state index is 0.157. The number of carbonyl (C=O) groups excluding carboxylic acids is 1. The molecule has 0 aromatic rings. The van der Waals surface area contributed by atoms with Crippen molar-refractivity contribution in [3.05, 3.63) is 0 Å². The number of thiol groups is 1. The number of hydrogen-bond donors (Lipinski definition) is 3. The largest absolute Gasteiger partial charge is 0.476 e. The van der Waals surface area contributed by atoms with Crippen LogP contribution in [0.25, 0.3) is 0 Å². The van der Waals surface area contributed by atoms with E-state index in [1.165, 1.54) is 0 Å². The lowest BCUT2D eigenvalue weighted by molar-refractivity contribution is -0.142. The highest BCUT2D eigenvalue weighted by Gasteiger charge is 1.99. The van der Waals surface area contributed by atoms with Crippen LogP contribution in [0, 0.1) is 0 Å². The van der Waals surface area contributed by atoms with Crippen molar-refractivity contribution in [3.8, 4) is 0 Å². The summed E-state index contributed by atoms with van der Waals surface area (Å²) >= 11 is 8.26. The highest BCUT2D eigenvalue weighted by molar-refractivity contribution is 8.10. The summed E-state index contributed by atoms with van der Waals surface area (Å²) in [4.78, 5) is 9.64. The predicted octanol–water partition coefficient (Wildman–Crippen LogP) is 0.512. The summed E-state index contributed by atoms with van der Waals surface area (Å²) in [7, 11) is 0. The standard InChI is InChI=1S/C4H8OS2.C3H6O3/c1-3(2)5-4(6)7;1-2(4)3(5)6/h3H,1-2H3,(H,6,7);3,5-6H,1H3. The van der Waals surface area contributed by atoms with Crippen molar-refractivity contribution >= 4 is 35.0 Å². The van der Waals surface area contributed by atoms with Gasteiger partial charge in [0.25, 0.3) is 0 Å². The Morgan fingerprint density at radius 2 is 1.77 bits per heavy atom. The van der Waals surface area contributed by atoms with Gasteiger partial charge in [0.1, 0.15) is 0 Å². The SMILES string of the molecule is CC(=O)C(O)O.CC(C)OC(=S)S. The Balaban J connectivity index is 0. The lowest BCUT2D eigenvalue weighted by atomic mass is 10.4. The lowest BCUT2D eigenvalue weighted by Gasteiger charge is -2.03. The van der Waals surface area contributed by atoms with Gasteiger partial charge in [-0.15, -0.1) is 0 Å². The van der Waals surface area contributed by atoms with Gasteiger partial charge in [-0.1, -0.05) is 12.6 Å². The van der Waals surface area contributed by atoms with Crippen LogP contribution in [0.4, 0.5) is 0 Å². The quantitative estimate of drug-likeness (QED) is 0.364. The summed E-state index contributed by atoms with van der Waals surface area (Å²) in [5, 5.41) is 15.7. The first-order valence-corrected chi connectivity index (χ1v) is 4.39. The van der Waals surface area contributed by atoms with Gasteiger partial charge in [-0.25, -0.2) is 0 Å². The molecule has 0 atom stereocenters. The fourth-order valence-corrected chi connectivity index (χ4v) is 0.605. The first kappa shape index (κ1) is 15.3. The van der Waals surface area contributed by atoms with Gasteiger partial charge in [0.05, 0.1) is 6.10 Å². The summed E-state index contributed by atoms with van der Waals surface area (Å²) < 4.78 is 5.16. The van der Waals surface area contributed by atoms with Crippen LogP contribution in [-0.2, 0) is 9.53 Å². The summed E-state index contributed by atoms with van der Waals surface area (Å²) in [6, 6.07) is 0. The average molecular weight is 226 g/mol. The van der Waals surface area contributed by atoms with Crippen LogP contribution >= 0.6 is 24.8 Å². The predicted molar refractivity (Wildman–Crippen MR) is 56.7 cm³/mol. The highest BCUT2D eigenvalue weighted by Crippen LogP contribution is 1.92. The highest BCUT2D eigenvalue weighted by atomic mass is 32.1. The van der Waals surface area contributed by atoms with Gasteiger partial charge in [-0.3, -0.25) is 4.79 Å². The van der Waals surface area contributed by atoms with E-state index in [-0.39, 0.29) is 6.10 Å². The van der Waals surface area contributed by atoms with Crippen LogP contribution in [-0.4, -0.2) is 32.8 Å². The van der Waals surface area contributed by atoms with Gasteiger partial charge in [0.15, 0.2) is 5.78 Å². The molecule has 0 aliphatic heterocycles. The smallest absolute Gasteiger partial charge is 0.217 e. The molecule has 4 nitrogen and oxygen atoms in total. The maximum Gasteiger partial charge on any atom is 0.217 e. The van der Waals surface area contributed by atoms with E-state index < -0.39 is 12.1 Å². The number of ether oxygens (including phenoxy) is 1. The molecule has 2 N–H and O–H groups in total. The first-order valence-electron chi connectivity index (χ1n) is 3.53. The number of rotatable bonds is 2. The molecular formula is C7H14O4S2. The number of thiocarbonyl (C=S) groups is 1. The monoisotopic (exact) mass is 226 g/mol. The second-order valence-electron chi connectivity index (χ2n) is 2.42. The average Bonchev–Trinajstić information content (AvgIpc) is 1.84. The normalized spacial score (nSPS) is 9.23. The Kier molecular flexibility index (Phi) is 9.93. The number of aliphatic hydroxyl groups is 2. The molecule has 0 aromatic heterocycles. The van der Waals surface area contributed by atoms with Gasteiger partial charge < -0.3 is 14.9 Å². The summed E-state index contributed by atoms with van der Waals surface area (Å²) in [6.07, 6.45) is -1.63. The summed E-state index contributed by atoms with van der Waals surface area (Å²) in [5.74, 6) is -0.630. The second kappa shape index (κ2) is 8.43. The van der Waals surface area contributed by atoms with E-state index in [9.17, 15) is 4.79 Å². The van der Waals surface area contributed by atoms with Gasteiger partial charge >= 0.3 is 0 Å². The molecule has 0 aliphatic carbocycles. The number of hydrogen-bond acceptors (Lipinski definition) is 5. The second-order valence-corrected chi connectivity index (χ2v) is 3.50. The molecule has 0 fully saturated rings. The zero-order valence-corrected chi connectivity index (χ0v) is 9.43. The van der Waals surface area contributed by atoms with E-state index in [0.29, 0.717) is 4.38 Å². The number of carbonyl (C=O) groups is 1. The fourth-order valence-electron chi connectivity index (χ4n) is 0.202. The fraction of sp³-hybridized carbons (Fsp3) is 0.714. The lowest BCUT2D eigenvalue weighted by Crippen LogP contribution is -2.14. The van der Waals surface area contributed by atoms with Crippen LogP contribution in [0.5, 0.6) is 0 Å². The number of aliphatic hydroxyl groups excluding tert-OH is 1. The molecule has 78 valence electrons. The van der Waals surface area contributed by atoms with Crippen molar-refractivity contribution in [2.45, 2.75) is 33.2 Å². The van der Waals surface area contributed by atoms with Crippen LogP contribution in [0.3, 0.4) is 0 Å². The Morgan fingerprint density at radius 3 is 1.77 bits per heavy atom. The molecule has 6 heteroatoms. The minimum atomic E-state index is -1.79. The molecule has 0 spiro atoms. The van der Waals surface area contributed by atoms with E-state index in [1.54, 1.807) is 0 Å². The first-order chi connectivity index (χ1) is 5.77. The molecule has 0 amide bonds. The Bertz CT molecular complexity index is 168. The van der Waals surface area contributed by atoms with Crippen molar-refractivity contribution in [1.82, 2.24) is 0 Å². The molecule has 13 heavy (non-hydrogen) atoms. The zero-order chi connectivity index (χ0) is 11.0. The van der Waals surface area contributed by atoms with Gasteiger partial charge in [-0.05, 0) is 33.0 Å². The van der Waals surface area contributed by atoms with E-state index in [0.717, 1.165) is 6.92 Å². The van der Waals surface area contributed by atoms with Gasteiger partial charge in [0, 0.05) is 0 Å². The van der Waals surface area contributed by atoms with E-state index >= 15 is 0 Å². The Hall–Kier alpha value is -0.170. The zero-order valence-electron chi connectivity index (χ0n) is 7.72. The van der Waals surface area contributed by atoms with Crippen LogP contribution in [0.15, 0.2) is 0 Å². The third-order valence-corrected chi connectivity index (χ3v) is 0.902. The maximum atomic E-state index is 9.64. The van der Waals surface area contributed by atoms with Crippen LogP contribution in [0.1, 0.15) is 20.8 Å².